The first-order chi connectivity index (χ1) is 14.4. The molecule has 1 amide bonds. The number of nitrogens with zero attached hydrogens (tertiary/aromatic N) is 3. The Morgan fingerprint density at radius 3 is 2.60 bits per heavy atom. The molecule has 2 aromatic heterocycles. The fourth-order valence-corrected chi connectivity index (χ4v) is 4.70. The molecule has 0 aromatic carbocycles. The van der Waals surface area contributed by atoms with Crippen LogP contribution in [0.15, 0.2) is 24.5 Å². The smallest absolute Gasteiger partial charge is 0.249 e. The topological polar surface area (TPSA) is 55.3 Å². The largest absolute Gasteiger partial charge is 0.272 e. The summed E-state index contributed by atoms with van der Waals surface area (Å²) >= 11 is 0. The zero-order valence-electron chi connectivity index (χ0n) is 18.0. The summed E-state index contributed by atoms with van der Waals surface area (Å²) in [6, 6.07) is 3.42. The van der Waals surface area contributed by atoms with Crippen molar-refractivity contribution in [2.45, 2.75) is 65.3 Å². The van der Waals surface area contributed by atoms with E-state index in [1.165, 1.54) is 22.3 Å². The van der Waals surface area contributed by atoms with Crippen LogP contribution in [0.1, 0.15) is 66.2 Å². The molecule has 3 heterocycles. The van der Waals surface area contributed by atoms with Crippen LogP contribution in [0.5, 0.6) is 0 Å². The van der Waals surface area contributed by atoms with Crippen LogP contribution in [0.3, 0.4) is 0 Å². The first-order valence-corrected chi connectivity index (χ1v) is 10.9. The summed E-state index contributed by atoms with van der Waals surface area (Å²) in [4.78, 5) is 27.3. The third-order valence-corrected chi connectivity index (χ3v) is 6.61. The monoisotopic (exact) mass is 411 g/mol. The molecule has 2 aromatic rings. The molecule has 160 valence electrons. The number of hydrogen-bond donors (Lipinski definition) is 0. The second-order valence-electron chi connectivity index (χ2n) is 8.81. The van der Waals surface area contributed by atoms with Gasteiger partial charge in [-0.15, -0.1) is 0 Å². The molecule has 2 aliphatic rings. The van der Waals surface area contributed by atoms with Crippen LogP contribution < -0.4 is 0 Å². The van der Waals surface area contributed by atoms with Gasteiger partial charge in [0.15, 0.2) is 0 Å². The normalized spacial score (nSPS) is 24.3. The van der Waals surface area contributed by atoms with E-state index >= 15 is 0 Å². The number of carbonyl (C=O) groups excluding carboxylic acids is 1. The molecule has 0 spiro atoms. The van der Waals surface area contributed by atoms with E-state index in [-0.39, 0.29) is 23.7 Å². The van der Waals surface area contributed by atoms with E-state index in [2.05, 4.69) is 23.0 Å². The van der Waals surface area contributed by atoms with Crippen LogP contribution in [-0.4, -0.2) is 27.5 Å². The van der Waals surface area contributed by atoms with Crippen LogP contribution in [0, 0.1) is 38.4 Å². The van der Waals surface area contributed by atoms with Gasteiger partial charge in [0, 0.05) is 30.4 Å². The van der Waals surface area contributed by atoms with Gasteiger partial charge < -0.3 is 0 Å². The summed E-state index contributed by atoms with van der Waals surface area (Å²) in [5.74, 6) is 0.271. The Balaban J connectivity index is 1.37. The molecule has 30 heavy (non-hydrogen) atoms. The SMILES string of the molecule is Cc1cc(CC2CCC(C(=O)N3OCC[C@H]3c3cnc(C)c(F)c3)CC2)c(C)cn1. The van der Waals surface area contributed by atoms with Gasteiger partial charge in [-0.2, -0.15) is 0 Å². The minimum absolute atomic E-state index is 0.0228. The highest BCUT2D eigenvalue weighted by Crippen LogP contribution is 2.37. The molecule has 0 N–H and O–H groups in total. The second kappa shape index (κ2) is 8.80. The lowest BCUT2D eigenvalue weighted by molar-refractivity contribution is -0.183. The van der Waals surface area contributed by atoms with E-state index in [1.54, 1.807) is 13.1 Å². The molecule has 0 unspecified atom stereocenters. The van der Waals surface area contributed by atoms with Crippen molar-refractivity contribution in [2.24, 2.45) is 11.8 Å². The lowest BCUT2D eigenvalue weighted by Crippen LogP contribution is -2.37. The van der Waals surface area contributed by atoms with Gasteiger partial charge in [-0.05, 0) is 87.6 Å². The lowest BCUT2D eigenvalue weighted by Gasteiger charge is -2.32. The Morgan fingerprint density at radius 2 is 1.87 bits per heavy atom. The van der Waals surface area contributed by atoms with E-state index in [1.807, 2.05) is 13.1 Å². The molecule has 4 rings (SSSR count). The third-order valence-electron chi connectivity index (χ3n) is 6.61. The molecular formula is C24H30FN3O2. The predicted molar refractivity (Wildman–Crippen MR) is 112 cm³/mol. The highest BCUT2D eigenvalue weighted by atomic mass is 19.1. The van der Waals surface area contributed by atoms with Gasteiger partial charge in [-0.25, -0.2) is 9.45 Å². The standard InChI is InChI=1S/C24H30FN3O2/c1-15-13-26-16(2)10-20(15)11-18-4-6-19(7-5-18)24(29)28-23(8-9-30-28)21-12-22(25)17(3)27-14-21/h10,12-14,18-19,23H,4-9,11H2,1-3H3/t18?,19?,23-/m0/s1. The number of pyridine rings is 2. The Kier molecular flexibility index (Phi) is 6.14. The molecule has 1 aliphatic carbocycles. The molecule has 5 nitrogen and oxygen atoms in total. The van der Waals surface area contributed by atoms with Crippen molar-refractivity contribution in [2.75, 3.05) is 6.61 Å². The second-order valence-corrected chi connectivity index (χ2v) is 8.81. The van der Waals surface area contributed by atoms with Crippen molar-refractivity contribution < 1.29 is 14.0 Å². The lowest BCUT2D eigenvalue weighted by atomic mass is 9.78. The van der Waals surface area contributed by atoms with Crippen molar-refractivity contribution in [3.05, 3.63) is 58.4 Å². The first kappa shape index (κ1) is 20.9. The van der Waals surface area contributed by atoms with Gasteiger partial charge in [-0.3, -0.25) is 19.6 Å². The van der Waals surface area contributed by atoms with Crippen LogP contribution in [0.4, 0.5) is 4.39 Å². The van der Waals surface area contributed by atoms with Crippen molar-refractivity contribution in [1.29, 1.82) is 0 Å². The minimum atomic E-state index is -0.339. The van der Waals surface area contributed by atoms with Crippen LogP contribution in [0.25, 0.3) is 0 Å². The number of hydrogen-bond acceptors (Lipinski definition) is 4. The third kappa shape index (κ3) is 4.38. The van der Waals surface area contributed by atoms with E-state index < -0.39 is 0 Å². The quantitative estimate of drug-likeness (QED) is 0.726. The van der Waals surface area contributed by atoms with Crippen LogP contribution in [-0.2, 0) is 16.1 Å². The van der Waals surface area contributed by atoms with Crippen molar-refractivity contribution in [3.8, 4) is 0 Å². The zero-order chi connectivity index (χ0) is 21.3. The van der Waals surface area contributed by atoms with E-state index in [4.69, 9.17) is 4.84 Å². The fourth-order valence-electron chi connectivity index (χ4n) is 4.70. The number of aryl methyl sites for hydroxylation is 3. The summed E-state index contributed by atoms with van der Waals surface area (Å²) in [6.07, 6.45) is 9.16. The molecular weight excluding hydrogens is 381 g/mol. The van der Waals surface area contributed by atoms with Gasteiger partial charge in [0.1, 0.15) is 5.82 Å². The Bertz CT molecular complexity index is 925. The van der Waals surface area contributed by atoms with Gasteiger partial charge in [0.2, 0.25) is 5.91 Å². The van der Waals surface area contributed by atoms with E-state index in [9.17, 15) is 9.18 Å². The summed E-state index contributed by atoms with van der Waals surface area (Å²) in [7, 11) is 0. The average Bonchev–Trinajstić information content (AvgIpc) is 3.23. The summed E-state index contributed by atoms with van der Waals surface area (Å²) in [5.41, 5.74) is 4.74. The van der Waals surface area contributed by atoms with Crippen LogP contribution in [0.2, 0.25) is 0 Å². The van der Waals surface area contributed by atoms with Crippen LogP contribution >= 0.6 is 0 Å². The maximum absolute atomic E-state index is 14.0. The zero-order valence-corrected chi connectivity index (χ0v) is 18.0. The number of rotatable bonds is 4. The molecule has 6 heteroatoms. The first-order valence-electron chi connectivity index (χ1n) is 10.9. The van der Waals surface area contributed by atoms with Gasteiger partial charge in [-0.1, -0.05) is 0 Å². The average molecular weight is 412 g/mol. The minimum Gasteiger partial charge on any atom is -0.272 e. The summed E-state index contributed by atoms with van der Waals surface area (Å²) in [6.45, 7) is 6.26. The van der Waals surface area contributed by atoms with Crippen molar-refractivity contribution >= 4 is 5.91 Å². The molecule has 0 radical (unpaired) electrons. The molecule has 1 saturated heterocycles. The van der Waals surface area contributed by atoms with Crippen molar-refractivity contribution in [3.63, 3.8) is 0 Å². The maximum atomic E-state index is 14.0. The number of aromatic nitrogens is 2. The number of halogens is 1. The molecule has 1 saturated carbocycles. The van der Waals surface area contributed by atoms with Crippen molar-refractivity contribution in [1.82, 2.24) is 15.0 Å². The Morgan fingerprint density at radius 1 is 1.10 bits per heavy atom. The highest BCUT2D eigenvalue weighted by molar-refractivity contribution is 5.78. The number of hydroxylamine groups is 2. The fraction of sp³-hybridized carbons (Fsp3) is 0.542. The molecule has 1 atom stereocenters. The summed E-state index contributed by atoms with van der Waals surface area (Å²) in [5, 5.41) is 1.49. The highest BCUT2D eigenvalue weighted by Gasteiger charge is 2.37. The van der Waals surface area contributed by atoms with E-state index in [0.29, 0.717) is 30.2 Å². The van der Waals surface area contributed by atoms with Gasteiger partial charge >= 0.3 is 0 Å². The number of carbonyl (C=O) groups is 1. The number of amides is 1. The predicted octanol–water partition coefficient (Wildman–Crippen LogP) is 4.80. The molecule has 1 aliphatic heterocycles. The van der Waals surface area contributed by atoms with Gasteiger partial charge in [0.05, 0.1) is 18.3 Å². The Labute approximate surface area is 177 Å². The molecule has 0 bridgehead atoms. The molecule has 2 fully saturated rings. The summed E-state index contributed by atoms with van der Waals surface area (Å²) < 4.78 is 14.0. The van der Waals surface area contributed by atoms with Gasteiger partial charge in [0.25, 0.3) is 0 Å². The maximum Gasteiger partial charge on any atom is 0.249 e. The Hall–Kier alpha value is -2.34. The van der Waals surface area contributed by atoms with E-state index in [0.717, 1.165) is 37.8 Å².